The summed E-state index contributed by atoms with van der Waals surface area (Å²) >= 11 is 5.97. The van der Waals surface area contributed by atoms with E-state index in [0.29, 0.717) is 35.1 Å². The Hall–Kier alpha value is -2.33. The van der Waals surface area contributed by atoms with Crippen molar-refractivity contribution in [2.75, 3.05) is 18.4 Å². The van der Waals surface area contributed by atoms with Gasteiger partial charge in [-0.3, -0.25) is 0 Å². The number of anilines is 1. The maximum atomic E-state index is 13.0. The maximum Gasteiger partial charge on any atom is 0.319 e. The van der Waals surface area contributed by atoms with Crippen LogP contribution >= 0.6 is 11.6 Å². The number of ether oxygens (including phenoxy) is 1. The number of aliphatic hydroxyl groups excluding tert-OH is 1. The van der Waals surface area contributed by atoms with Crippen LogP contribution < -0.4 is 15.4 Å². The molecular weight excluding hydrogens is 454 g/mol. The van der Waals surface area contributed by atoms with Crippen LogP contribution in [0, 0.1) is 0 Å². The van der Waals surface area contributed by atoms with Gasteiger partial charge in [-0.2, -0.15) is 4.31 Å². The van der Waals surface area contributed by atoms with Crippen molar-refractivity contribution in [1.82, 2.24) is 9.62 Å². The zero-order chi connectivity index (χ0) is 23.7. The van der Waals surface area contributed by atoms with Gasteiger partial charge in [0.1, 0.15) is 17.5 Å². The van der Waals surface area contributed by atoms with E-state index in [4.69, 9.17) is 16.3 Å². The number of halogens is 1. The summed E-state index contributed by atoms with van der Waals surface area (Å²) in [6, 6.07) is 9.66. The van der Waals surface area contributed by atoms with Crippen molar-refractivity contribution in [3.8, 4) is 5.75 Å². The third kappa shape index (κ3) is 4.85. The van der Waals surface area contributed by atoms with Gasteiger partial charge >= 0.3 is 6.03 Å². The predicted molar refractivity (Wildman–Crippen MR) is 124 cm³/mol. The summed E-state index contributed by atoms with van der Waals surface area (Å²) in [7, 11) is -3.73. The highest BCUT2D eigenvalue weighted by Gasteiger charge is 2.44. The minimum atomic E-state index is -3.73. The molecule has 2 amide bonds. The smallest absolute Gasteiger partial charge is 0.319 e. The molecule has 0 fully saturated rings. The lowest BCUT2D eigenvalue weighted by atomic mass is 9.86. The zero-order valence-corrected chi connectivity index (χ0v) is 20.0. The number of sulfonamides is 1. The third-order valence-corrected chi connectivity index (χ3v) is 7.71. The van der Waals surface area contributed by atoms with E-state index in [0.717, 1.165) is 0 Å². The SMILES string of the molecule is CCN(CC)S(=O)(=O)c1ccc2c(c1)C(NC(=O)Nc1cccc(Cl)c1)C(O)C(C)(C)O2. The van der Waals surface area contributed by atoms with Crippen LogP contribution in [0.3, 0.4) is 0 Å². The highest BCUT2D eigenvalue weighted by atomic mass is 35.5. The van der Waals surface area contributed by atoms with E-state index < -0.39 is 33.8 Å². The van der Waals surface area contributed by atoms with Crippen molar-refractivity contribution < 1.29 is 23.1 Å². The van der Waals surface area contributed by atoms with Crippen LogP contribution in [0.5, 0.6) is 5.75 Å². The molecule has 1 aliphatic rings. The summed E-state index contributed by atoms with van der Waals surface area (Å²) in [6.07, 6.45) is -1.13. The molecule has 0 saturated heterocycles. The fraction of sp³-hybridized carbons (Fsp3) is 0.409. The number of nitrogens with zero attached hydrogens (tertiary/aromatic N) is 1. The van der Waals surface area contributed by atoms with Crippen LogP contribution in [0.15, 0.2) is 47.4 Å². The normalized spacial score (nSPS) is 19.7. The fourth-order valence-corrected chi connectivity index (χ4v) is 5.37. The molecule has 10 heteroatoms. The molecule has 0 aliphatic carbocycles. The Morgan fingerprint density at radius 1 is 1.19 bits per heavy atom. The number of amides is 2. The van der Waals surface area contributed by atoms with Crippen molar-refractivity contribution in [3.05, 3.63) is 53.1 Å². The maximum absolute atomic E-state index is 13.0. The summed E-state index contributed by atoms with van der Waals surface area (Å²) in [4.78, 5) is 12.8. The van der Waals surface area contributed by atoms with Crippen molar-refractivity contribution in [2.45, 2.75) is 50.3 Å². The monoisotopic (exact) mass is 481 g/mol. The Labute approximate surface area is 193 Å². The quantitative estimate of drug-likeness (QED) is 0.582. The average molecular weight is 482 g/mol. The number of hydrogen-bond donors (Lipinski definition) is 3. The van der Waals surface area contributed by atoms with E-state index >= 15 is 0 Å². The number of carbonyl (C=O) groups is 1. The van der Waals surface area contributed by atoms with E-state index in [1.165, 1.54) is 16.4 Å². The largest absolute Gasteiger partial charge is 0.485 e. The summed E-state index contributed by atoms with van der Waals surface area (Å²) in [5.41, 5.74) is -0.152. The van der Waals surface area contributed by atoms with Crippen LogP contribution in [-0.4, -0.2) is 48.7 Å². The predicted octanol–water partition coefficient (Wildman–Crippen LogP) is 3.77. The number of rotatable bonds is 6. The van der Waals surface area contributed by atoms with E-state index in [1.807, 2.05) is 0 Å². The standard InChI is InChI=1S/C22H28ClN3O5S/c1-5-26(6-2)32(29,30)16-10-11-18-17(13-16)19(20(27)22(3,4)31-18)25-21(28)24-15-9-7-8-14(23)12-15/h7-13,19-20,27H,5-6H2,1-4H3,(H2,24,25,28). The molecule has 0 radical (unpaired) electrons. The molecule has 0 spiro atoms. The Morgan fingerprint density at radius 2 is 1.88 bits per heavy atom. The second kappa shape index (κ2) is 9.27. The summed E-state index contributed by atoms with van der Waals surface area (Å²) in [5.74, 6) is 0.395. The van der Waals surface area contributed by atoms with Crippen molar-refractivity contribution in [3.63, 3.8) is 0 Å². The Bertz CT molecular complexity index is 1100. The van der Waals surface area contributed by atoms with Crippen LogP contribution in [0.4, 0.5) is 10.5 Å². The molecule has 32 heavy (non-hydrogen) atoms. The van der Waals surface area contributed by atoms with Crippen molar-refractivity contribution >= 4 is 33.3 Å². The minimum Gasteiger partial charge on any atom is -0.485 e. The van der Waals surface area contributed by atoms with E-state index in [2.05, 4.69) is 10.6 Å². The molecule has 3 N–H and O–H groups in total. The molecule has 0 saturated carbocycles. The highest BCUT2D eigenvalue weighted by Crippen LogP contribution is 2.41. The summed E-state index contributed by atoms with van der Waals surface area (Å²) in [5, 5.41) is 16.8. The first-order valence-corrected chi connectivity index (χ1v) is 12.2. The Balaban J connectivity index is 1.96. The molecule has 0 bridgehead atoms. The number of urea groups is 1. The van der Waals surface area contributed by atoms with Gasteiger partial charge in [0.05, 0.1) is 10.9 Å². The second-order valence-electron chi connectivity index (χ2n) is 8.03. The molecule has 8 nitrogen and oxygen atoms in total. The van der Waals surface area contributed by atoms with Gasteiger partial charge < -0.3 is 20.5 Å². The molecule has 2 atom stereocenters. The topological polar surface area (TPSA) is 108 Å². The van der Waals surface area contributed by atoms with Crippen molar-refractivity contribution in [2.24, 2.45) is 0 Å². The number of carbonyl (C=O) groups excluding carboxylic acids is 1. The molecule has 2 aromatic carbocycles. The first-order valence-electron chi connectivity index (χ1n) is 10.3. The number of benzene rings is 2. The van der Waals surface area contributed by atoms with Gasteiger partial charge in [-0.05, 0) is 50.2 Å². The minimum absolute atomic E-state index is 0.0671. The number of fused-ring (bicyclic) bond motifs is 1. The van der Waals surface area contributed by atoms with Gasteiger partial charge in [0, 0.05) is 29.4 Å². The number of nitrogens with one attached hydrogen (secondary N) is 2. The molecule has 3 rings (SSSR count). The van der Waals surface area contributed by atoms with Gasteiger partial charge in [-0.15, -0.1) is 0 Å². The molecule has 0 aromatic heterocycles. The Kier molecular flexibility index (Phi) is 7.04. The van der Waals surface area contributed by atoms with Crippen molar-refractivity contribution in [1.29, 1.82) is 0 Å². The number of hydrogen-bond acceptors (Lipinski definition) is 5. The number of aliphatic hydroxyl groups is 1. The van der Waals surface area contributed by atoms with Gasteiger partial charge in [-0.25, -0.2) is 13.2 Å². The van der Waals surface area contributed by atoms with Gasteiger partial charge in [0.2, 0.25) is 10.0 Å². The molecule has 2 aromatic rings. The molecular formula is C22H28ClN3O5S. The highest BCUT2D eigenvalue weighted by molar-refractivity contribution is 7.89. The molecule has 2 unspecified atom stereocenters. The lowest BCUT2D eigenvalue weighted by Crippen LogP contribution is -2.54. The molecule has 174 valence electrons. The summed E-state index contributed by atoms with van der Waals surface area (Å²) < 4.78 is 33.3. The zero-order valence-electron chi connectivity index (χ0n) is 18.4. The Morgan fingerprint density at radius 3 is 2.50 bits per heavy atom. The lowest BCUT2D eigenvalue weighted by molar-refractivity contribution is -0.0619. The van der Waals surface area contributed by atoms with Gasteiger partial charge in [0.15, 0.2) is 0 Å². The first-order chi connectivity index (χ1) is 15.0. The first kappa shape index (κ1) is 24.3. The van der Waals surface area contributed by atoms with Gasteiger partial charge in [-0.1, -0.05) is 31.5 Å². The molecule has 1 heterocycles. The van der Waals surface area contributed by atoms with Crippen LogP contribution in [0.2, 0.25) is 5.02 Å². The van der Waals surface area contributed by atoms with Gasteiger partial charge in [0.25, 0.3) is 0 Å². The van der Waals surface area contributed by atoms with E-state index in [9.17, 15) is 18.3 Å². The second-order valence-corrected chi connectivity index (χ2v) is 10.4. The van der Waals surface area contributed by atoms with Crippen LogP contribution in [0.1, 0.15) is 39.3 Å². The van der Waals surface area contributed by atoms with Crippen LogP contribution in [-0.2, 0) is 10.0 Å². The summed E-state index contributed by atoms with van der Waals surface area (Å²) in [6.45, 7) is 7.58. The molecule has 1 aliphatic heterocycles. The van der Waals surface area contributed by atoms with Crippen LogP contribution in [0.25, 0.3) is 0 Å². The lowest BCUT2D eigenvalue weighted by Gasteiger charge is -2.42. The average Bonchev–Trinajstić information content (AvgIpc) is 2.71. The third-order valence-electron chi connectivity index (χ3n) is 5.43. The fourth-order valence-electron chi connectivity index (χ4n) is 3.68. The van der Waals surface area contributed by atoms with E-state index in [1.54, 1.807) is 58.0 Å². The van der Waals surface area contributed by atoms with E-state index in [-0.39, 0.29) is 4.90 Å².